The van der Waals surface area contributed by atoms with E-state index in [9.17, 15) is 4.79 Å². The standard InChI is InChI=1S/C36H41N7O4/c1-3-36(44)40-29-21-30(33(45-2)22-32(29)42-14-11-26(12-15-42)41-16-19-46-20-17-41)39-34-23-35(38-24-37-34)43-31(13-18-47-43)28-10-6-8-25-7-4-5-9-27(25)28/h3-10,21-24,26,31H,1,11-20H2,2H3,(H,40,44)(H,37,38,39)/t31-/m1/s1. The maximum Gasteiger partial charge on any atom is 0.247 e. The van der Waals surface area contributed by atoms with E-state index in [0.29, 0.717) is 41.4 Å². The molecule has 7 rings (SSSR count). The predicted molar refractivity (Wildman–Crippen MR) is 184 cm³/mol. The van der Waals surface area contributed by atoms with Crippen LogP contribution in [0, 0.1) is 0 Å². The Morgan fingerprint density at radius 3 is 2.57 bits per heavy atom. The van der Waals surface area contributed by atoms with Crippen LogP contribution in [0.25, 0.3) is 10.8 Å². The van der Waals surface area contributed by atoms with E-state index in [1.165, 1.54) is 28.7 Å². The lowest BCUT2D eigenvalue weighted by Gasteiger charge is -2.41. The predicted octanol–water partition coefficient (Wildman–Crippen LogP) is 5.69. The quantitative estimate of drug-likeness (QED) is 0.223. The lowest BCUT2D eigenvalue weighted by molar-refractivity contribution is -0.111. The number of hydroxylamine groups is 1. The molecule has 0 bridgehead atoms. The Bertz CT molecular complexity index is 1730. The summed E-state index contributed by atoms with van der Waals surface area (Å²) in [6.07, 6.45) is 5.73. The van der Waals surface area contributed by atoms with Crippen LogP contribution in [0.1, 0.15) is 30.9 Å². The van der Waals surface area contributed by atoms with Gasteiger partial charge in [-0.15, -0.1) is 0 Å². The fraction of sp³-hybridized carbons (Fsp3) is 0.361. The third kappa shape index (κ3) is 6.60. The summed E-state index contributed by atoms with van der Waals surface area (Å²) in [4.78, 5) is 32.6. The first-order valence-corrected chi connectivity index (χ1v) is 16.3. The highest BCUT2D eigenvalue weighted by molar-refractivity contribution is 6.02. The normalized spacial score (nSPS) is 19.1. The van der Waals surface area contributed by atoms with E-state index in [1.807, 2.05) is 23.3 Å². The number of methoxy groups -OCH3 is 1. The number of fused-ring (bicyclic) bond motifs is 1. The highest BCUT2D eigenvalue weighted by Gasteiger charge is 2.31. The number of carbonyl (C=O) groups is 1. The molecule has 0 spiro atoms. The Balaban J connectivity index is 1.14. The topological polar surface area (TPSA) is 104 Å². The Morgan fingerprint density at radius 1 is 0.957 bits per heavy atom. The summed E-state index contributed by atoms with van der Waals surface area (Å²) in [6, 6.07) is 21.1. The van der Waals surface area contributed by atoms with Crippen LogP contribution >= 0.6 is 0 Å². The number of ether oxygens (including phenoxy) is 2. The zero-order valence-electron chi connectivity index (χ0n) is 26.7. The van der Waals surface area contributed by atoms with Crippen LogP contribution in [0.3, 0.4) is 0 Å². The van der Waals surface area contributed by atoms with Crippen molar-refractivity contribution in [2.75, 3.05) is 73.7 Å². The molecule has 0 unspecified atom stereocenters. The molecule has 47 heavy (non-hydrogen) atoms. The number of nitrogens with one attached hydrogen (secondary N) is 2. The molecule has 1 atom stereocenters. The average molecular weight is 636 g/mol. The fourth-order valence-corrected chi connectivity index (χ4v) is 6.99. The summed E-state index contributed by atoms with van der Waals surface area (Å²) >= 11 is 0. The SMILES string of the molecule is C=CC(=O)Nc1cc(Nc2cc(N3OCC[C@@H]3c3cccc4ccccc34)ncn2)c(OC)cc1N1CCC(N2CCOCC2)CC1. The van der Waals surface area contributed by atoms with E-state index < -0.39 is 0 Å². The lowest BCUT2D eigenvalue weighted by atomic mass is 9.97. The van der Waals surface area contributed by atoms with Gasteiger partial charge >= 0.3 is 0 Å². The van der Waals surface area contributed by atoms with Gasteiger partial charge in [0.15, 0.2) is 5.82 Å². The lowest BCUT2D eigenvalue weighted by Crippen LogP contribution is -2.49. The zero-order chi connectivity index (χ0) is 32.2. The number of anilines is 5. The molecule has 0 saturated carbocycles. The second kappa shape index (κ2) is 14.0. The van der Waals surface area contributed by atoms with Gasteiger partial charge in [-0.1, -0.05) is 49.0 Å². The number of aromatic nitrogens is 2. The van der Waals surface area contributed by atoms with E-state index in [4.69, 9.17) is 14.3 Å². The van der Waals surface area contributed by atoms with E-state index in [-0.39, 0.29) is 11.9 Å². The van der Waals surface area contributed by atoms with Gasteiger partial charge < -0.3 is 25.0 Å². The minimum atomic E-state index is -0.277. The second-order valence-corrected chi connectivity index (χ2v) is 12.0. The number of hydrogen-bond donors (Lipinski definition) is 2. The van der Waals surface area contributed by atoms with Crippen LogP contribution in [-0.2, 0) is 14.4 Å². The maximum absolute atomic E-state index is 12.6. The molecule has 11 nitrogen and oxygen atoms in total. The van der Waals surface area contributed by atoms with E-state index in [0.717, 1.165) is 64.3 Å². The highest BCUT2D eigenvalue weighted by atomic mass is 16.7. The molecular weight excluding hydrogens is 594 g/mol. The third-order valence-corrected chi connectivity index (χ3v) is 9.36. The minimum absolute atomic E-state index is 0.00535. The van der Waals surface area contributed by atoms with Crippen molar-refractivity contribution in [1.29, 1.82) is 0 Å². The van der Waals surface area contributed by atoms with Gasteiger partial charge in [0.2, 0.25) is 5.91 Å². The van der Waals surface area contributed by atoms with Crippen molar-refractivity contribution < 1.29 is 19.1 Å². The van der Waals surface area contributed by atoms with Crippen LogP contribution in [-0.4, -0.2) is 79.9 Å². The zero-order valence-corrected chi connectivity index (χ0v) is 26.7. The van der Waals surface area contributed by atoms with Gasteiger partial charge in [0.1, 0.15) is 17.9 Å². The third-order valence-electron chi connectivity index (χ3n) is 9.36. The number of rotatable bonds is 9. The van der Waals surface area contributed by atoms with Gasteiger partial charge in [-0.05, 0) is 41.3 Å². The molecule has 4 aromatic rings. The van der Waals surface area contributed by atoms with Gasteiger partial charge in [-0.2, -0.15) is 0 Å². The molecule has 0 radical (unpaired) electrons. The van der Waals surface area contributed by atoms with Crippen LogP contribution in [0.5, 0.6) is 5.75 Å². The minimum Gasteiger partial charge on any atom is -0.494 e. The van der Waals surface area contributed by atoms with Crippen molar-refractivity contribution in [2.24, 2.45) is 0 Å². The molecule has 4 heterocycles. The molecule has 11 heteroatoms. The Labute approximate surface area is 275 Å². The first-order valence-electron chi connectivity index (χ1n) is 16.3. The van der Waals surface area contributed by atoms with Gasteiger partial charge in [0.05, 0.1) is 50.0 Å². The van der Waals surface area contributed by atoms with Crippen molar-refractivity contribution in [3.8, 4) is 5.75 Å². The Hall–Kier alpha value is -4.71. The summed E-state index contributed by atoms with van der Waals surface area (Å²) in [6.45, 7) is 9.56. The molecule has 3 saturated heterocycles. The van der Waals surface area contributed by atoms with E-state index in [2.05, 4.69) is 79.4 Å². The second-order valence-electron chi connectivity index (χ2n) is 12.0. The number of carbonyl (C=O) groups excluding carboxylic acids is 1. The maximum atomic E-state index is 12.6. The number of amides is 1. The number of morpholine rings is 1. The molecule has 244 valence electrons. The molecular formula is C36H41N7O4. The molecule has 1 amide bonds. The number of piperidine rings is 1. The Kier molecular flexibility index (Phi) is 9.18. The fourth-order valence-electron chi connectivity index (χ4n) is 6.99. The first-order chi connectivity index (χ1) is 23.1. The largest absolute Gasteiger partial charge is 0.494 e. The summed E-state index contributed by atoms with van der Waals surface area (Å²) in [7, 11) is 1.65. The van der Waals surface area contributed by atoms with Crippen molar-refractivity contribution in [3.63, 3.8) is 0 Å². The smallest absolute Gasteiger partial charge is 0.247 e. The van der Waals surface area contributed by atoms with Crippen molar-refractivity contribution >= 4 is 45.4 Å². The van der Waals surface area contributed by atoms with Crippen LogP contribution < -0.4 is 25.3 Å². The summed E-state index contributed by atoms with van der Waals surface area (Å²) in [5.41, 5.74) is 3.45. The summed E-state index contributed by atoms with van der Waals surface area (Å²) < 4.78 is 11.4. The van der Waals surface area contributed by atoms with Crippen molar-refractivity contribution in [2.45, 2.75) is 31.3 Å². The van der Waals surface area contributed by atoms with Crippen LogP contribution in [0.2, 0.25) is 0 Å². The average Bonchev–Trinajstić information content (AvgIpc) is 3.62. The number of benzene rings is 3. The number of nitrogens with zero attached hydrogens (tertiary/aromatic N) is 5. The van der Waals surface area contributed by atoms with Crippen molar-refractivity contribution in [1.82, 2.24) is 14.9 Å². The monoisotopic (exact) mass is 635 g/mol. The highest BCUT2D eigenvalue weighted by Crippen LogP contribution is 2.41. The molecule has 1 aromatic heterocycles. The summed E-state index contributed by atoms with van der Waals surface area (Å²) in [5.74, 6) is 1.58. The molecule has 2 N–H and O–H groups in total. The van der Waals surface area contributed by atoms with Crippen LogP contribution in [0.15, 0.2) is 79.6 Å². The summed E-state index contributed by atoms with van der Waals surface area (Å²) in [5, 5.41) is 10.7. The van der Waals surface area contributed by atoms with Gasteiger partial charge in [-0.25, -0.2) is 15.0 Å². The molecule has 0 aliphatic carbocycles. The molecule has 3 aromatic carbocycles. The first kappa shape index (κ1) is 30.9. The molecule has 3 aliphatic rings. The van der Waals surface area contributed by atoms with Crippen molar-refractivity contribution in [3.05, 3.63) is 85.2 Å². The van der Waals surface area contributed by atoms with Gasteiger partial charge in [-0.3, -0.25) is 14.5 Å². The molecule has 3 aliphatic heterocycles. The molecule has 3 fully saturated rings. The van der Waals surface area contributed by atoms with E-state index in [1.54, 1.807) is 7.11 Å². The van der Waals surface area contributed by atoms with Gasteiger partial charge in [0.25, 0.3) is 0 Å². The van der Waals surface area contributed by atoms with Crippen LogP contribution in [0.4, 0.5) is 28.7 Å². The van der Waals surface area contributed by atoms with E-state index >= 15 is 0 Å². The van der Waals surface area contributed by atoms with Gasteiger partial charge in [0, 0.05) is 50.8 Å². The number of hydrogen-bond acceptors (Lipinski definition) is 10. The Morgan fingerprint density at radius 2 is 1.77 bits per heavy atom.